The van der Waals surface area contributed by atoms with Gasteiger partial charge < -0.3 is 9.80 Å². The van der Waals surface area contributed by atoms with Gasteiger partial charge in [-0.15, -0.1) is 11.3 Å². The summed E-state index contributed by atoms with van der Waals surface area (Å²) in [5, 5.41) is 2.11. The lowest BCUT2D eigenvalue weighted by atomic mass is 10.4. The van der Waals surface area contributed by atoms with Crippen molar-refractivity contribution >= 4 is 34.9 Å². The van der Waals surface area contributed by atoms with E-state index in [0.29, 0.717) is 23.8 Å². The lowest BCUT2D eigenvalue weighted by molar-refractivity contribution is 0.0765. The van der Waals surface area contributed by atoms with Crippen LogP contribution < -0.4 is 0 Å². The predicted octanol–water partition coefficient (Wildman–Crippen LogP) is 1.81. The van der Waals surface area contributed by atoms with Crippen molar-refractivity contribution in [3.63, 3.8) is 0 Å². The van der Waals surface area contributed by atoms with Gasteiger partial charge in [-0.3, -0.25) is 9.59 Å². The number of hydrogen-bond donors (Lipinski definition) is 0. The van der Waals surface area contributed by atoms with Gasteiger partial charge in [0.05, 0.1) is 0 Å². The van der Waals surface area contributed by atoms with Crippen LogP contribution in [0.4, 0.5) is 0 Å². The Kier molecular flexibility index (Phi) is 5.42. The molecule has 0 aromatic carbocycles. The number of aromatic nitrogens is 1. The normalized spacial score (nSPS) is 15.2. The molecular formula is C13H19N3O2S2. The highest BCUT2D eigenvalue weighted by Crippen LogP contribution is 2.17. The summed E-state index contributed by atoms with van der Waals surface area (Å²) in [7, 11) is 0. The zero-order chi connectivity index (χ0) is 14.5. The maximum absolute atomic E-state index is 12.3. The van der Waals surface area contributed by atoms with Crippen molar-refractivity contribution < 1.29 is 9.59 Å². The highest BCUT2D eigenvalue weighted by Gasteiger charge is 2.23. The Morgan fingerprint density at radius 3 is 2.55 bits per heavy atom. The number of rotatable bonds is 4. The molecule has 0 N–H and O–H groups in total. The number of thioether (sulfide) groups is 1. The molecule has 1 aliphatic heterocycles. The quantitative estimate of drug-likeness (QED) is 0.851. The van der Waals surface area contributed by atoms with Gasteiger partial charge in [-0.1, -0.05) is 0 Å². The fraction of sp³-hybridized carbons (Fsp3) is 0.615. The first-order valence-corrected chi connectivity index (χ1v) is 8.82. The van der Waals surface area contributed by atoms with Crippen molar-refractivity contribution in [1.82, 2.24) is 14.8 Å². The van der Waals surface area contributed by atoms with Crippen molar-refractivity contribution in [1.29, 1.82) is 0 Å². The lowest BCUT2D eigenvalue weighted by Crippen LogP contribution is -2.38. The van der Waals surface area contributed by atoms with Gasteiger partial charge in [0.15, 0.2) is 5.01 Å². The molecule has 2 heterocycles. The standard InChI is InChI=1S/C13H19N3O2S2/c1-3-15(4-2)12(17)10-9-20-11(14-10)13(18)16-5-7-19-8-6-16/h9H,3-8H2,1-2H3. The molecule has 0 aliphatic carbocycles. The van der Waals surface area contributed by atoms with Crippen LogP contribution in [0.2, 0.25) is 0 Å². The molecule has 1 aromatic heterocycles. The summed E-state index contributed by atoms with van der Waals surface area (Å²) in [5.41, 5.74) is 0.383. The first-order chi connectivity index (χ1) is 9.67. The highest BCUT2D eigenvalue weighted by atomic mass is 32.2. The molecule has 0 radical (unpaired) electrons. The Morgan fingerprint density at radius 1 is 1.30 bits per heavy atom. The van der Waals surface area contributed by atoms with Crippen LogP contribution in [0.15, 0.2) is 5.38 Å². The molecule has 5 nitrogen and oxygen atoms in total. The summed E-state index contributed by atoms with van der Waals surface area (Å²) < 4.78 is 0. The van der Waals surface area contributed by atoms with E-state index in [2.05, 4.69) is 4.98 Å². The fourth-order valence-electron chi connectivity index (χ4n) is 2.04. The Hall–Kier alpha value is -1.08. The SMILES string of the molecule is CCN(CC)C(=O)c1csc(C(=O)N2CCSCC2)n1. The fourth-order valence-corrected chi connectivity index (χ4v) is 3.71. The second-order valence-electron chi connectivity index (χ2n) is 4.42. The number of carbonyl (C=O) groups is 2. The van der Waals surface area contributed by atoms with Crippen molar-refractivity contribution in [3.05, 3.63) is 16.1 Å². The number of carbonyl (C=O) groups excluding carboxylic acids is 2. The minimum absolute atomic E-state index is 0.0473. The average molecular weight is 313 g/mol. The van der Waals surface area contributed by atoms with Gasteiger partial charge in [-0.2, -0.15) is 11.8 Å². The summed E-state index contributed by atoms with van der Waals surface area (Å²) in [6, 6.07) is 0. The molecule has 110 valence electrons. The monoisotopic (exact) mass is 313 g/mol. The van der Waals surface area contributed by atoms with E-state index in [-0.39, 0.29) is 11.8 Å². The predicted molar refractivity (Wildman–Crippen MR) is 82.6 cm³/mol. The van der Waals surface area contributed by atoms with Gasteiger partial charge >= 0.3 is 0 Å². The minimum atomic E-state index is -0.0977. The van der Waals surface area contributed by atoms with Crippen LogP contribution in [-0.4, -0.2) is 64.3 Å². The molecule has 0 bridgehead atoms. The van der Waals surface area contributed by atoms with Crippen molar-refractivity contribution in [3.8, 4) is 0 Å². The van der Waals surface area contributed by atoms with Crippen LogP contribution in [0, 0.1) is 0 Å². The Labute approximate surface area is 127 Å². The summed E-state index contributed by atoms with van der Waals surface area (Å²) in [5.74, 6) is 1.80. The highest BCUT2D eigenvalue weighted by molar-refractivity contribution is 7.99. The topological polar surface area (TPSA) is 53.5 Å². The number of amides is 2. The molecule has 7 heteroatoms. The van der Waals surface area contributed by atoms with Crippen molar-refractivity contribution in [2.24, 2.45) is 0 Å². The molecule has 20 heavy (non-hydrogen) atoms. The van der Waals surface area contributed by atoms with E-state index in [4.69, 9.17) is 0 Å². The molecule has 2 rings (SSSR count). The van der Waals surface area contributed by atoms with Crippen LogP contribution in [-0.2, 0) is 0 Å². The van der Waals surface area contributed by atoms with Crippen LogP contribution in [0.25, 0.3) is 0 Å². The molecule has 0 saturated carbocycles. The minimum Gasteiger partial charge on any atom is -0.338 e. The molecular weight excluding hydrogens is 294 g/mol. The van der Waals surface area contributed by atoms with Gasteiger partial charge in [0.2, 0.25) is 0 Å². The average Bonchev–Trinajstić information content (AvgIpc) is 2.98. The zero-order valence-electron chi connectivity index (χ0n) is 11.8. The number of thiazole rings is 1. The Bertz CT molecular complexity index is 480. The third-order valence-electron chi connectivity index (χ3n) is 3.26. The smallest absolute Gasteiger partial charge is 0.282 e. The maximum atomic E-state index is 12.3. The third kappa shape index (κ3) is 3.32. The van der Waals surface area contributed by atoms with Gasteiger partial charge in [-0.05, 0) is 13.8 Å². The maximum Gasteiger partial charge on any atom is 0.282 e. The second-order valence-corrected chi connectivity index (χ2v) is 6.50. The molecule has 1 fully saturated rings. The van der Waals surface area contributed by atoms with Gasteiger partial charge in [0, 0.05) is 43.1 Å². The van der Waals surface area contributed by atoms with Crippen molar-refractivity contribution in [2.45, 2.75) is 13.8 Å². The summed E-state index contributed by atoms with van der Waals surface area (Å²) >= 11 is 3.12. The van der Waals surface area contributed by atoms with E-state index in [1.807, 2.05) is 30.5 Å². The number of hydrogen-bond acceptors (Lipinski definition) is 5. The largest absolute Gasteiger partial charge is 0.338 e. The van der Waals surface area contributed by atoms with E-state index in [1.165, 1.54) is 11.3 Å². The van der Waals surface area contributed by atoms with E-state index in [1.54, 1.807) is 10.3 Å². The first kappa shape index (κ1) is 15.3. The third-order valence-corrected chi connectivity index (χ3v) is 5.03. The van der Waals surface area contributed by atoms with Crippen LogP contribution >= 0.6 is 23.1 Å². The second kappa shape index (κ2) is 7.08. The van der Waals surface area contributed by atoms with Crippen molar-refractivity contribution in [2.75, 3.05) is 37.7 Å². The van der Waals surface area contributed by atoms with E-state index in [9.17, 15) is 9.59 Å². The molecule has 0 unspecified atom stereocenters. The zero-order valence-corrected chi connectivity index (χ0v) is 13.4. The molecule has 0 spiro atoms. The van der Waals surface area contributed by atoms with Crippen LogP contribution in [0.1, 0.15) is 34.1 Å². The van der Waals surface area contributed by atoms with Gasteiger partial charge in [0.1, 0.15) is 5.69 Å². The molecule has 2 amide bonds. The van der Waals surface area contributed by atoms with Crippen LogP contribution in [0.5, 0.6) is 0 Å². The van der Waals surface area contributed by atoms with Crippen LogP contribution in [0.3, 0.4) is 0 Å². The molecule has 1 saturated heterocycles. The molecule has 1 aromatic rings. The van der Waals surface area contributed by atoms with E-state index < -0.39 is 0 Å². The van der Waals surface area contributed by atoms with E-state index >= 15 is 0 Å². The van der Waals surface area contributed by atoms with Gasteiger partial charge in [0.25, 0.3) is 11.8 Å². The molecule has 0 atom stereocenters. The van der Waals surface area contributed by atoms with E-state index in [0.717, 1.165) is 24.6 Å². The first-order valence-electron chi connectivity index (χ1n) is 6.79. The summed E-state index contributed by atoms with van der Waals surface area (Å²) in [6.45, 7) is 6.71. The lowest BCUT2D eigenvalue weighted by Gasteiger charge is -2.25. The molecule has 1 aliphatic rings. The number of nitrogens with zero attached hydrogens (tertiary/aromatic N) is 3. The Balaban J connectivity index is 2.08. The Morgan fingerprint density at radius 2 is 1.95 bits per heavy atom. The van der Waals surface area contributed by atoms with Gasteiger partial charge in [-0.25, -0.2) is 4.98 Å². The summed E-state index contributed by atoms with van der Waals surface area (Å²) in [4.78, 5) is 32.2. The summed E-state index contributed by atoms with van der Waals surface area (Å²) in [6.07, 6.45) is 0.